The Bertz CT molecular complexity index is 696. The first-order valence-corrected chi connectivity index (χ1v) is 10.3. The number of benzene rings is 1. The molecule has 2 fully saturated rings. The third-order valence-electron chi connectivity index (χ3n) is 4.82. The number of fused-ring (bicyclic) bond motifs is 1. The topological polar surface area (TPSA) is 36.4 Å². The summed E-state index contributed by atoms with van der Waals surface area (Å²) in [6, 6.07) is 6.62. The fourth-order valence-corrected chi connectivity index (χ4v) is 5.40. The van der Waals surface area contributed by atoms with Crippen LogP contribution in [0.25, 0.3) is 10.2 Å². The maximum atomic E-state index is 12.8. The lowest BCUT2D eigenvalue weighted by atomic mass is 10.2. The Hall–Kier alpha value is -1.11. The quantitative estimate of drug-likeness (QED) is 0.837. The van der Waals surface area contributed by atoms with E-state index in [1.54, 1.807) is 11.3 Å². The number of carbonyl (C=O) groups excluding carboxylic acids is 1. The number of nitrogens with zero attached hydrogens (tertiary/aromatic N) is 3. The highest BCUT2D eigenvalue weighted by molar-refractivity contribution is 7.99. The molecule has 2 aliphatic rings. The standard InChI is InChI=1S/C17H21N3OS2/c21-17(13-2-3-16-15(10-13)18-12-23-16)20-6-1-5-19(7-8-20)14-4-9-22-11-14/h2-3,10,12,14H,1,4-9,11H2. The van der Waals surface area contributed by atoms with Crippen LogP contribution in [-0.2, 0) is 0 Å². The minimum absolute atomic E-state index is 0.155. The summed E-state index contributed by atoms with van der Waals surface area (Å²) in [5.41, 5.74) is 3.54. The van der Waals surface area contributed by atoms with Crippen LogP contribution in [0.15, 0.2) is 23.7 Å². The van der Waals surface area contributed by atoms with Crippen LogP contribution in [-0.4, -0.2) is 64.4 Å². The average molecular weight is 348 g/mol. The van der Waals surface area contributed by atoms with Gasteiger partial charge in [0.1, 0.15) is 0 Å². The van der Waals surface area contributed by atoms with E-state index in [1.165, 1.54) is 17.9 Å². The van der Waals surface area contributed by atoms with Crippen molar-refractivity contribution in [2.75, 3.05) is 37.7 Å². The maximum Gasteiger partial charge on any atom is 0.253 e. The number of amides is 1. The Morgan fingerprint density at radius 1 is 1.22 bits per heavy atom. The van der Waals surface area contributed by atoms with Crippen molar-refractivity contribution >= 4 is 39.2 Å². The van der Waals surface area contributed by atoms with Crippen LogP contribution < -0.4 is 0 Å². The molecule has 122 valence electrons. The minimum atomic E-state index is 0.155. The lowest BCUT2D eigenvalue weighted by molar-refractivity contribution is 0.0759. The molecule has 2 saturated heterocycles. The van der Waals surface area contributed by atoms with E-state index in [-0.39, 0.29) is 5.91 Å². The van der Waals surface area contributed by atoms with Gasteiger partial charge in [-0.25, -0.2) is 4.98 Å². The van der Waals surface area contributed by atoms with E-state index >= 15 is 0 Å². The van der Waals surface area contributed by atoms with Gasteiger partial charge in [0.05, 0.1) is 15.7 Å². The number of hydrogen-bond donors (Lipinski definition) is 0. The van der Waals surface area contributed by atoms with Gasteiger partial charge in [-0.2, -0.15) is 11.8 Å². The lowest BCUT2D eigenvalue weighted by Crippen LogP contribution is -2.39. The maximum absolute atomic E-state index is 12.8. The second-order valence-electron chi connectivity index (χ2n) is 6.23. The summed E-state index contributed by atoms with van der Waals surface area (Å²) >= 11 is 3.68. The smallest absolute Gasteiger partial charge is 0.253 e. The molecule has 0 N–H and O–H groups in total. The molecule has 1 amide bonds. The predicted octanol–water partition coefficient (Wildman–Crippen LogP) is 2.95. The molecule has 1 atom stereocenters. The molecule has 0 radical (unpaired) electrons. The lowest BCUT2D eigenvalue weighted by Gasteiger charge is -2.26. The van der Waals surface area contributed by atoms with E-state index in [0.717, 1.165) is 54.4 Å². The Morgan fingerprint density at radius 2 is 2.17 bits per heavy atom. The second-order valence-corrected chi connectivity index (χ2v) is 8.27. The highest BCUT2D eigenvalue weighted by Crippen LogP contribution is 2.24. The summed E-state index contributed by atoms with van der Waals surface area (Å²) in [4.78, 5) is 21.8. The molecule has 0 aliphatic carbocycles. The molecule has 0 spiro atoms. The molecular formula is C17H21N3OS2. The fraction of sp³-hybridized carbons (Fsp3) is 0.529. The summed E-state index contributed by atoms with van der Waals surface area (Å²) in [5, 5.41) is 0. The minimum Gasteiger partial charge on any atom is -0.337 e. The Balaban J connectivity index is 1.45. The molecule has 3 heterocycles. The zero-order valence-corrected chi connectivity index (χ0v) is 14.7. The SMILES string of the molecule is O=C(c1ccc2scnc2c1)N1CCCN(C2CCSC2)CC1. The van der Waals surface area contributed by atoms with Gasteiger partial charge in [-0.3, -0.25) is 9.69 Å². The number of thiazole rings is 1. The van der Waals surface area contributed by atoms with Gasteiger partial charge in [0.2, 0.25) is 0 Å². The Kier molecular flexibility index (Phi) is 4.55. The molecule has 23 heavy (non-hydrogen) atoms. The Morgan fingerprint density at radius 3 is 3.04 bits per heavy atom. The second kappa shape index (κ2) is 6.79. The van der Waals surface area contributed by atoms with Crippen molar-refractivity contribution in [1.82, 2.24) is 14.8 Å². The predicted molar refractivity (Wildman–Crippen MR) is 97.4 cm³/mol. The van der Waals surface area contributed by atoms with Crippen molar-refractivity contribution in [2.24, 2.45) is 0 Å². The summed E-state index contributed by atoms with van der Waals surface area (Å²) < 4.78 is 1.14. The first-order valence-electron chi connectivity index (χ1n) is 8.25. The van der Waals surface area contributed by atoms with E-state index < -0.39 is 0 Å². The Labute approximate surface area is 144 Å². The zero-order chi connectivity index (χ0) is 15.6. The molecule has 4 rings (SSSR count). The van der Waals surface area contributed by atoms with Crippen molar-refractivity contribution in [3.8, 4) is 0 Å². The van der Waals surface area contributed by atoms with Crippen LogP contribution in [0.1, 0.15) is 23.2 Å². The number of thioether (sulfide) groups is 1. The van der Waals surface area contributed by atoms with Gasteiger partial charge in [0, 0.05) is 43.5 Å². The number of carbonyl (C=O) groups is 1. The van der Waals surface area contributed by atoms with Crippen LogP contribution in [0.5, 0.6) is 0 Å². The average Bonchev–Trinajstić information content (AvgIpc) is 3.21. The molecular weight excluding hydrogens is 326 g/mol. The summed E-state index contributed by atoms with van der Waals surface area (Å²) in [5.74, 6) is 2.70. The third-order valence-corrected chi connectivity index (χ3v) is 6.77. The molecule has 2 aromatic rings. The van der Waals surface area contributed by atoms with E-state index in [1.807, 2.05) is 28.6 Å². The molecule has 6 heteroatoms. The third kappa shape index (κ3) is 3.25. The molecule has 0 saturated carbocycles. The molecule has 1 aromatic carbocycles. The van der Waals surface area contributed by atoms with Crippen LogP contribution in [0.2, 0.25) is 0 Å². The molecule has 4 nitrogen and oxygen atoms in total. The van der Waals surface area contributed by atoms with Crippen molar-refractivity contribution in [1.29, 1.82) is 0 Å². The van der Waals surface area contributed by atoms with Crippen molar-refractivity contribution in [3.05, 3.63) is 29.3 Å². The van der Waals surface area contributed by atoms with E-state index in [0.29, 0.717) is 0 Å². The number of rotatable bonds is 2. The van der Waals surface area contributed by atoms with Gasteiger partial charge in [0.25, 0.3) is 5.91 Å². The zero-order valence-electron chi connectivity index (χ0n) is 13.1. The largest absolute Gasteiger partial charge is 0.337 e. The molecule has 1 aromatic heterocycles. The van der Waals surface area contributed by atoms with Gasteiger partial charge < -0.3 is 4.90 Å². The normalized spacial score (nSPS) is 23.3. The van der Waals surface area contributed by atoms with Crippen molar-refractivity contribution in [3.63, 3.8) is 0 Å². The van der Waals surface area contributed by atoms with Crippen molar-refractivity contribution < 1.29 is 4.79 Å². The number of aromatic nitrogens is 1. The van der Waals surface area contributed by atoms with E-state index in [4.69, 9.17) is 0 Å². The van der Waals surface area contributed by atoms with Gasteiger partial charge in [-0.15, -0.1) is 11.3 Å². The van der Waals surface area contributed by atoms with Gasteiger partial charge in [-0.05, 0) is 36.8 Å². The molecule has 2 aliphatic heterocycles. The molecule has 1 unspecified atom stereocenters. The van der Waals surface area contributed by atoms with Gasteiger partial charge >= 0.3 is 0 Å². The highest BCUT2D eigenvalue weighted by atomic mass is 32.2. The van der Waals surface area contributed by atoms with Gasteiger partial charge in [-0.1, -0.05) is 0 Å². The van der Waals surface area contributed by atoms with E-state index in [9.17, 15) is 4.79 Å². The summed E-state index contributed by atoms with van der Waals surface area (Å²) in [7, 11) is 0. The van der Waals surface area contributed by atoms with Crippen LogP contribution in [0.3, 0.4) is 0 Å². The molecule has 0 bridgehead atoms. The first kappa shape index (κ1) is 15.4. The first-order chi connectivity index (χ1) is 11.3. The summed E-state index contributed by atoms with van der Waals surface area (Å²) in [6.45, 7) is 3.84. The fourth-order valence-electron chi connectivity index (χ4n) is 3.49. The van der Waals surface area contributed by atoms with Crippen LogP contribution >= 0.6 is 23.1 Å². The van der Waals surface area contributed by atoms with E-state index in [2.05, 4.69) is 21.6 Å². The van der Waals surface area contributed by atoms with Gasteiger partial charge in [0.15, 0.2) is 0 Å². The number of hydrogen-bond acceptors (Lipinski definition) is 5. The summed E-state index contributed by atoms with van der Waals surface area (Å²) in [6.07, 6.45) is 2.38. The monoisotopic (exact) mass is 347 g/mol. The van der Waals surface area contributed by atoms with Crippen molar-refractivity contribution in [2.45, 2.75) is 18.9 Å². The van der Waals surface area contributed by atoms with Crippen LogP contribution in [0, 0.1) is 0 Å². The van der Waals surface area contributed by atoms with Crippen LogP contribution in [0.4, 0.5) is 0 Å². The highest BCUT2D eigenvalue weighted by Gasteiger charge is 2.26.